The number of sulfone groups is 1. The van der Waals surface area contributed by atoms with Crippen LogP contribution in [0, 0.1) is 0 Å². The van der Waals surface area contributed by atoms with Crippen molar-refractivity contribution in [3.8, 4) is 0 Å². The maximum absolute atomic E-state index is 11.7. The van der Waals surface area contributed by atoms with E-state index in [2.05, 4.69) is 5.32 Å². The molecular weight excluding hydrogens is 276 g/mol. The zero-order chi connectivity index (χ0) is 15.2. The summed E-state index contributed by atoms with van der Waals surface area (Å²) in [7, 11) is -2.96. The van der Waals surface area contributed by atoms with Gasteiger partial charge in [-0.2, -0.15) is 0 Å². The first-order chi connectivity index (χ1) is 9.31. The van der Waals surface area contributed by atoms with E-state index in [1.54, 1.807) is 12.1 Å². The summed E-state index contributed by atoms with van der Waals surface area (Å²) >= 11 is 0. The quantitative estimate of drug-likeness (QED) is 0.795. The molecule has 0 aliphatic carbocycles. The van der Waals surface area contributed by atoms with E-state index in [1.165, 1.54) is 6.26 Å². The van der Waals surface area contributed by atoms with E-state index >= 15 is 0 Å². The molecule has 20 heavy (non-hydrogen) atoms. The van der Waals surface area contributed by atoms with Gasteiger partial charge in [-0.05, 0) is 30.5 Å². The van der Waals surface area contributed by atoms with Crippen molar-refractivity contribution in [1.29, 1.82) is 0 Å². The molecule has 0 aromatic heterocycles. The lowest BCUT2D eigenvalue weighted by atomic mass is 10.1. The SMILES string of the molecule is CCCC(N)C(=O)Nc1ccc(CCS(C)(=O)=O)cc1. The largest absolute Gasteiger partial charge is 0.325 e. The molecule has 0 fully saturated rings. The van der Waals surface area contributed by atoms with E-state index in [0.717, 1.165) is 12.0 Å². The zero-order valence-corrected chi connectivity index (χ0v) is 12.7. The Hall–Kier alpha value is -1.40. The van der Waals surface area contributed by atoms with Crippen molar-refractivity contribution in [2.24, 2.45) is 5.73 Å². The van der Waals surface area contributed by atoms with Crippen LogP contribution in [-0.2, 0) is 21.1 Å². The topological polar surface area (TPSA) is 89.3 Å². The van der Waals surface area contributed by atoms with Crippen molar-refractivity contribution < 1.29 is 13.2 Å². The van der Waals surface area contributed by atoms with Gasteiger partial charge in [-0.15, -0.1) is 0 Å². The number of aryl methyl sites for hydroxylation is 1. The van der Waals surface area contributed by atoms with E-state index in [0.29, 0.717) is 18.5 Å². The second-order valence-corrected chi connectivity index (χ2v) is 7.22. The number of nitrogens with two attached hydrogens (primary N) is 1. The summed E-state index contributed by atoms with van der Waals surface area (Å²) < 4.78 is 22.2. The van der Waals surface area contributed by atoms with Crippen molar-refractivity contribution in [2.75, 3.05) is 17.3 Å². The third kappa shape index (κ3) is 6.16. The van der Waals surface area contributed by atoms with Gasteiger partial charge in [-0.1, -0.05) is 25.5 Å². The molecule has 0 radical (unpaired) electrons. The zero-order valence-electron chi connectivity index (χ0n) is 11.9. The fourth-order valence-electron chi connectivity index (χ4n) is 1.74. The number of carbonyl (C=O) groups excluding carboxylic acids is 1. The van der Waals surface area contributed by atoms with Gasteiger partial charge in [-0.3, -0.25) is 4.79 Å². The second kappa shape index (κ2) is 7.40. The molecule has 1 atom stereocenters. The predicted octanol–water partition coefficient (Wildman–Crippen LogP) is 1.34. The Labute approximate surface area is 120 Å². The van der Waals surface area contributed by atoms with E-state index < -0.39 is 15.9 Å². The van der Waals surface area contributed by atoms with Crippen LogP contribution in [0.25, 0.3) is 0 Å². The molecule has 1 rings (SSSR count). The minimum Gasteiger partial charge on any atom is -0.325 e. The minimum absolute atomic E-state index is 0.125. The lowest BCUT2D eigenvalue weighted by molar-refractivity contribution is -0.117. The van der Waals surface area contributed by atoms with Crippen LogP contribution in [0.1, 0.15) is 25.3 Å². The molecule has 1 unspecified atom stereocenters. The van der Waals surface area contributed by atoms with Crippen molar-refractivity contribution in [3.63, 3.8) is 0 Å². The van der Waals surface area contributed by atoms with Gasteiger partial charge in [0.1, 0.15) is 9.84 Å². The molecule has 1 aromatic rings. The van der Waals surface area contributed by atoms with Gasteiger partial charge in [0.05, 0.1) is 11.8 Å². The Morgan fingerprint density at radius 2 is 1.90 bits per heavy atom. The van der Waals surface area contributed by atoms with Gasteiger partial charge >= 0.3 is 0 Å². The molecule has 0 heterocycles. The van der Waals surface area contributed by atoms with Gasteiger partial charge in [0, 0.05) is 11.9 Å². The Morgan fingerprint density at radius 1 is 1.30 bits per heavy atom. The normalized spacial score (nSPS) is 12.9. The molecule has 0 spiro atoms. The molecule has 3 N–H and O–H groups in total. The molecule has 1 aromatic carbocycles. The molecule has 0 saturated heterocycles. The van der Waals surface area contributed by atoms with Crippen LogP contribution in [0.5, 0.6) is 0 Å². The lowest BCUT2D eigenvalue weighted by Gasteiger charge is -2.11. The molecule has 0 aliphatic heterocycles. The van der Waals surface area contributed by atoms with Crippen LogP contribution in [0.15, 0.2) is 24.3 Å². The highest BCUT2D eigenvalue weighted by molar-refractivity contribution is 7.90. The number of anilines is 1. The van der Waals surface area contributed by atoms with Crippen molar-refractivity contribution >= 4 is 21.4 Å². The summed E-state index contributed by atoms with van der Waals surface area (Å²) in [6.45, 7) is 1.98. The van der Waals surface area contributed by atoms with Crippen LogP contribution in [0.3, 0.4) is 0 Å². The summed E-state index contributed by atoms with van der Waals surface area (Å²) in [6.07, 6.45) is 3.20. The Kier molecular flexibility index (Phi) is 6.16. The van der Waals surface area contributed by atoms with Crippen LogP contribution < -0.4 is 11.1 Å². The first kappa shape index (κ1) is 16.7. The molecular formula is C14H22N2O3S. The first-order valence-corrected chi connectivity index (χ1v) is 8.71. The number of benzene rings is 1. The lowest BCUT2D eigenvalue weighted by Crippen LogP contribution is -2.35. The molecule has 0 aliphatic rings. The smallest absolute Gasteiger partial charge is 0.241 e. The summed E-state index contributed by atoms with van der Waals surface area (Å²) in [6, 6.07) is 6.64. The van der Waals surface area contributed by atoms with E-state index in [-0.39, 0.29) is 11.7 Å². The van der Waals surface area contributed by atoms with Crippen LogP contribution in [0.4, 0.5) is 5.69 Å². The van der Waals surface area contributed by atoms with Crippen molar-refractivity contribution in [3.05, 3.63) is 29.8 Å². The number of hydrogen-bond acceptors (Lipinski definition) is 4. The van der Waals surface area contributed by atoms with Gasteiger partial charge < -0.3 is 11.1 Å². The minimum atomic E-state index is -2.96. The number of rotatable bonds is 7. The Balaban J connectivity index is 2.56. The van der Waals surface area contributed by atoms with E-state index in [4.69, 9.17) is 5.73 Å². The molecule has 112 valence electrons. The summed E-state index contributed by atoms with van der Waals surface area (Å²) in [5, 5.41) is 2.74. The first-order valence-electron chi connectivity index (χ1n) is 6.65. The predicted molar refractivity (Wildman–Crippen MR) is 81.4 cm³/mol. The van der Waals surface area contributed by atoms with Crippen molar-refractivity contribution in [2.45, 2.75) is 32.2 Å². The van der Waals surface area contributed by atoms with Crippen LogP contribution in [0.2, 0.25) is 0 Å². The summed E-state index contributed by atoms with van der Waals surface area (Å²) in [5.74, 6) is -0.0733. The van der Waals surface area contributed by atoms with E-state index in [9.17, 15) is 13.2 Å². The van der Waals surface area contributed by atoms with Gasteiger partial charge in [0.25, 0.3) is 0 Å². The van der Waals surface area contributed by atoms with Gasteiger partial charge in [0.2, 0.25) is 5.91 Å². The fraction of sp³-hybridized carbons (Fsp3) is 0.500. The van der Waals surface area contributed by atoms with Crippen LogP contribution in [-0.4, -0.2) is 32.4 Å². The molecule has 0 saturated carbocycles. The summed E-state index contributed by atoms with van der Waals surface area (Å²) in [4.78, 5) is 11.7. The average Bonchev–Trinajstić information content (AvgIpc) is 2.37. The Bertz CT molecular complexity index is 538. The molecule has 1 amide bonds. The monoisotopic (exact) mass is 298 g/mol. The third-order valence-electron chi connectivity index (χ3n) is 2.92. The van der Waals surface area contributed by atoms with Gasteiger partial charge in [-0.25, -0.2) is 8.42 Å². The standard InChI is InChI=1S/C14H22N2O3S/c1-3-4-13(15)14(17)16-12-7-5-11(6-8-12)9-10-20(2,18)19/h5-8,13H,3-4,9-10,15H2,1-2H3,(H,16,17). The highest BCUT2D eigenvalue weighted by Crippen LogP contribution is 2.11. The molecule has 5 nitrogen and oxygen atoms in total. The summed E-state index contributed by atoms with van der Waals surface area (Å²) in [5.41, 5.74) is 7.32. The fourth-order valence-corrected chi connectivity index (χ4v) is 2.34. The van der Waals surface area contributed by atoms with Crippen molar-refractivity contribution in [1.82, 2.24) is 0 Å². The molecule has 0 bridgehead atoms. The highest BCUT2D eigenvalue weighted by Gasteiger charge is 2.12. The third-order valence-corrected chi connectivity index (χ3v) is 3.87. The Morgan fingerprint density at radius 3 is 2.40 bits per heavy atom. The molecule has 6 heteroatoms. The average molecular weight is 298 g/mol. The maximum Gasteiger partial charge on any atom is 0.241 e. The highest BCUT2D eigenvalue weighted by atomic mass is 32.2. The van der Waals surface area contributed by atoms with E-state index in [1.807, 2.05) is 19.1 Å². The number of amides is 1. The maximum atomic E-state index is 11.7. The van der Waals surface area contributed by atoms with Crippen LogP contribution >= 0.6 is 0 Å². The number of hydrogen-bond donors (Lipinski definition) is 2. The second-order valence-electron chi connectivity index (χ2n) is 4.96. The number of nitrogens with one attached hydrogen (secondary N) is 1. The number of carbonyl (C=O) groups is 1. The van der Waals surface area contributed by atoms with Gasteiger partial charge in [0.15, 0.2) is 0 Å².